The van der Waals surface area contributed by atoms with Crippen LogP contribution in [0.4, 0.5) is 0 Å². The fourth-order valence-electron chi connectivity index (χ4n) is 3.94. The van der Waals surface area contributed by atoms with E-state index < -0.39 is 0 Å². The number of fused-ring (bicyclic) bond motifs is 1. The summed E-state index contributed by atoms with van der Waals surface area (Å²) >= 11 is 0. The molecule has 0 saturated carbocycles. The molecule has 2 aromatic rings. The monoisotopic (exact) mass is 314 g/mol. The quantitative estimate of drug-likeness (QED) is 0.851. The van der Waals surface area contributed by atoms with Gasteiger partial charge in [-0.25, -0.2) is 9.50 Å². The van der Waals surface area contributed by atoms with Gasteiger partial charge in [0, 0.05) is 26.3 Å². The number of pyridine rings is 1. The van der Waals surface area contributed by atoms with Gasteiger partial charge in [0.1, 0.15) is 12.0 Å². The minimum absolute atomic E-state index is 0.0675. The van der Waals surface area contributed by atoms with Gasteiger partial charge >= 0.3 is 0 Å². The number of aromatic nitrogens is 3. The van der Waals surface area contributed by atoms with Gasteiger partial charge in [0.15, 0.2) is 5.65 Å². The van der Waals surface area contributed by atoms with Gasteiger partial charge < -0.3 is 9.64 Å². The van der Waals surface area contributed by atoms with Crippen LogP contribution in [-0.2, 0) is 4.74 Å². The van der Waals surface area contributed by atoms with E-state index in [0.29, 0.717) is 23.2 Å². The molecule has 1 amide bonds. The van der Waals surface area contributed by atoms with E-state index in [0.717, 1.165) is 45.6 Å². The minimum Gasteiger partial charge on any atom is -0.381 e. The zero-order chi connectivity index (χ0) is 15.6. The molecule has 2 aliphatic heterocycles. The molecule has 6 heteroatoms. The number of carbonyl (C=O) groups excluding carboxylic acids is 1. The van der Waals surface area contributed by atoms with Gasteiger partial charge in [-0.1, -0.05) is 6.07 Å². The maximum absolute atomic E-state index is 13.0. The van der Waals surface area contributed by atoms with Crippen molar-refractivity contribution in [3.63, 3.8) is 0 Å². The lowest BCUT2D eigenvalue weighted by molar-refractivity contribution is 0.0250. The van der Waals surface area contributed by atoms with Gasteiger partial charge in [0.2, 0.25) is 0 Å². The standard InChI is InChI=1S/C17H22N4O2/c22-17(15-4-1-5-16-18-12-19-21(15)16)20-8-2-3-14(11-20)13-6-9-23-10-7-13/h1,4-5,12-14H,2-3,6-11H2/t14-/m0/s1. The van der Waals surface area contributed by atoms with Gasteiger partial charge in [-0.3, -0.25) is 4.79 Å². The van der Waals surface area contributed by atoms with E-state index in [4.69, 9.17) is 4.74 Å². The molecule has 0 unspecified atom stereocenters. The highest BCUT2D eigenvalue weighted by Crippen LogP contribution is 2.31. The molecule has 23 heavy (non-hydrogen) atoms. The maximum atomic E-state index is 13.0. The first-order chi connectivity index (χ1) is 11.3. The fourth-order valence-corrected chi connectivity index (χ4v) is 3.94. The molecule has 4 heterocycles. The SMILES string of the molecule is O=C(c1cccc2ncnn12)N1CCC[C@H](C2CCOCC2)C1. The second-order valence-corrected chi connectivity index (χ2v) is 6.54. The van der Waals surface area contributed by atoms with Crippen LogP contribution in [0.15, 0.2) is 24.5 Å². The van der Waals surface area contributed by atoms with Crippen LogP contribution >= 0.6 is 0 Å². The summed E-state index contributed by atoms with van der Waals surface area (Å²) in [6, 6.07) is 5.57. The number of amides is 1. The minimum atomic E-state index is 0.0675. The van der Waals surface area contributed by atoms with E-state index in [1.165, 1.54) is 12.7 Å². The Kier molecular flexibility index (Phi) is 3.99. The van der Waals surface area contributed by atoms with Crippen molar-refractivity contribution in [1.29, 1.82) is 0 Å². The summed E-state index contributed by atoms with van der Waals surface area (Å²) in [5.74, 6) is 1.37. The number of nitrogens with zero attached hydrogens (tertiary/aromatic N) is 4. The summed E-state index contributed by atoms with van der Waals surface area (Å²) in [5, 5.41) is 4.18. The van der Waals surface area contributed by atoms with E-state index in [1.807, 2.05) is 23.1 Å². The Bertz CT molecular complexity index is 693. The molecular weight excluding hydrogens is 292 g/mol. The predicted molar refractivity (Wildman–Crippen MR) is 85.2 cm³/mol. The molecule has 1 atom stereocenters. The second-order valence-electron chi connectivity index (χ2n) is 6.54. The Morgan fingerprint density at radius 3 is 2.91 bits per heavy atom. The Labute approximate surface area is 135 Å². The summed E-state index contributed by atoms with van der Waals surface area (Å²) in [6.07, 6.45) is 6.06. The molecule has 0 bridgehead atoms. The summed E-state index contributed by atoms with van der Waals surface area (Å²) < 4.78 is 7.11. The highest BCUT2D eigenvalue weighted by Gasteiger charge is 2.31. The van der Waals surface area contributed by atoms with Gasteiger partial charge in [-0.05, 0) is 49.7 Å². The lowest BCUT2D eigenvalue weighted by Gasteiger charge is -2.38. The van der Waals surface area contributed by atoms with Crippen molar-refractivity contribution in [2.24, 2.45) is 11.8 Å². The van der Waals surface area contributed by atoms with Crippen molar-refractivity contribution in [3.8, 4) is 0 Å². The number of piperidine rings is 1. The highest BCUT2D eigenvalue weighted by molar-refractivity contribution is 5.93. The van der Waals surface area contributed by atoms with E-state index in [9.17, 15) is 4.79 Å². The molecule has 2 fully saturated rings. The molecule has 6 nitrogen and oxygen atoms in total. The molecule has 0 aliphatic carbocycles. The topological polar surface area (TPSA) is 59.7 Å². The first-order valence-corrected chi connectivity index (χ1v) is 8.49. The normalized spacial score (nSPS) is 23.3. The third kappa shape index (κ3) is 2.83. The van der Waals surface area contributed by atoms with Gasteiger partial charge in [-0.15, -0.1) is 0 Å². The number of carbonyl (C=O) groups is 1. The summed E-state index contributed by atoms with van der Waals surface area (Å²) in [6.45, 7) is 3.43. The number of rotatable bonds is 2. The van der Waals surface area contributed by atoms with Crippen LogP contribution in [0.3, 0.4) is 0 Å². The van der Waals surface area contributed by atoms with Crippen LogP contribution in [-0.4, -0.2) is 51.7 Å². The summed E-state index contributed by atoms with van der Waals surface area (Å²) in [5.41, 5.74) is 1.32. The molecule has 2 aromatic heterocycles. The Morgan fingerprint density at radius 2 is 2.04 bits per heavy atom. The Balaban J connectivity index is 1.52. The largest absolute Gasteiger partial charge is 0.381 e. The zero-order valence-corrected chi connectivity index (χ0v) is 13.2. The molecule has 2 saturated heterocycles. The Hall–Kier alpha value is -1.95. The van der Waals surface area contributed by atoms with Crippen molar-refractivity contribution in [2.45, 2.75) is 25.7 Å². The summed E-state index contributed by atoms with van der Waals surface area (Å²) in [4.78, 5) is 19.1. The average Bonchev–Trinajstić information content (AvgIpc) is 3.11. The lowest BCUT2D eigenvalue weighted by atomic mass is 9.81. The van der Waals surface area contributed by atoms with Crippen LogP contribution in [0.25, 0.3) is 5.65 Å². The van der Waals surface area contributed by atoms with E-state index in [2.05, 4.69) is 10.1 Å². The molecule has 0 radical (unpaired) electrons. The van der Waals surface area contributed by atoms with Gasteiger partial charge in [0.25, 0.3) is 5.91 Å². The number of likely N-dealkylation sites (tertiary alicyclic amines) is 1. The van der Waals surface area contributed by atoms with Crippen molar-refractivity contribution in [2.75, 3.05) is 26.3 Å². The van der Waals surface area contributed by atoms with Crippen molar-refractivity contribution in [1.82, 2.24) is 19.5 Å². The fraction of sp³-hybridized carbons (Fsp3) is 0.588. The summed E-state index contributed by atoms with van der Waals surface area (Å²) in [7, 11) is 0. The second kappa shape index (κ2) is 6.28. The van der Waals surface area contributed by atoms with Crippen molar-refractivity contribution in [3.05, 3.63) is 30.2 Å². The van der Waals surface area contributed by atoms with E-state index in [1.54, 1.807) is 4.52 Å². The molecule has 122 valence electrons. The van der Waals surface area contributed by atoms with Crippen molar-refractivity contribution >= 4 is 11.6 Å². The van der Waals surface area contributed by atoms with Gasteiger partial charge in [-0.2, -0.15) is 5.10 Å². The number of hydrogen-bond donors (Lipinski definition) is 0. The third-order valence-electron chi connectivity index (χ3n) is 5.20. The zero-order valence-electron chi connectivity index (χ0n) is 13.2. The number of hydrogen-bond acceptors (Lipinski definition) is 4. The van der Waals surface area contributed by atoms with Crippen molar-refractivity contribution < 1.29 is 9.53 Å². The average molecular weight is 314 g/mol. The molecule has 4 rings (SSSR count). The van der Waals surface area contributed by atoms with Crippen LogP contribution in [0, 0.1) is 11.8 Å². The van der Waals surface area contributed by atoms with Crippen LogP contribution in [0.5, 0.6) is 0 Å². The molecule has 0 aromatic carbocycles. The van der Waals surface area contributed by atoms with Gasteiger partial charge in [0.05, 0.1) is 0 Å². The van der Waals surface area contributed by atoms with Crippen LogP contribution < -0.4 is 0 Å². The number of ether oxygens (including phenoxy) is 1. The molecule has 2 aliphatic rings. The first-order valence-electron chi connectivity index (χ1n) is 8.49. The Morgan fingerprint density at radius 1 is 1.17 bits per heavy atom. The highest BCUT2D eigenvalue weighted by atomic mass is 16.5. The predicted octanol–water partition coefficient (Wildman–Crippen LogP) is 2.01. The first kappa shape index (κ1) is 14.6. The molecular formula is C17H22N4O2. The third-order valence-corrected chi connectivity index (χ3v) is 5.20. The lowest BCUT2D eigenvalue weighted by Crippen LogP contribution is -2.43. The van der Waals surface area contributed by atoms with Crippen LogP contribution in [0.1, 0.15) is 36.2 Å². The molecule has 0 spiro atoms. The molecule has 0 N–H and O–H groups in total. The van der Waals surface area contributed by atoms with E-state index >= 15 is 0 Å². The van der Waals surface area contributed by atoms with E-state index in [-0.39, 0.29) is 5.91 Å². The smallest absolute Gasteiger partial charge is 0.272 e. The van der Waals surface area contributed by atoms with Crippen LogP contribution in [0.2, 0.25) is 0 Å². The maximum Gasteiger partial charge on any atom is 0.272 e.